The molecule has 1 aliphatic heterocycles. The molecule has 1 amide bonds. The van der Waals surface area contributed by atoms with E-state index in [4.69, 9.17) is 11.6 Å². The van der Waals surface area contributed by atoms with Crippen molar-refractivity contribution in [3.63, 3.8) is 0 Å². The van der Waals surface area contributed by atoms with Gasteiger partial charge in [-0.25, -0.2) is 0 Å². The molecule has 2 aromatic carbocycles. The molecule has 0 spiro atoms. The van der Waals surface area contributed by atoms with E-state index in [2.05, 4.69) is 10.3 Å². The molecule has 124 valence electrons. The number of para-hydroxylation sites is 1. The third kappa shape index (κ3) is 2.75. The van der Waals surface area contributed by atoms with Crippen molar-refractivity contribution in [3.05, 3.63) is 88.7 Å². The van der Waals surface area contributed by atoms with Gasteiger partial charge in [-0.3, -0.25) is 14.7 Å². The van der Waals surface area contributed by atoms with Crippen molar-refractivity contribution in [2.45, 2.75) is 13.1 Å². The van der Waals surface area contributed by atoms with E-state index in [9.17, 15) is 4.79 Å². The Hall–Kier alpha value is -2.85. The molecule has 2 heterocycles. The molecule has 3 aromatic rings. The standard InChI is InChI=1S/C20H16ClN3O/c1-13-9-10-17(16(21)12-13)23-19-18-15(8-5-11-22-18)20(25)24(19)14-6-3-2-4-7-14/h2-12,19,23H,1H3. The van der Waals surface area contributed by atoms with Gasteiger partial charge in [-0.05, 0) is 48.9 Å². The number of hydrogen-bond donors (Lipinski definition) is 1. The first-order chi connectivity index (χ1) is 12.1. The van der Waals surface area contributed by atoms with E-state index < -0.39 is 6.17 Å². The van der Waals surface area contributed by atoms with Crippen LogP contribution in [0.4, 0.5) is 11.4 Å². The predicted molar refractivity (Wildman–Crippen MR) is 100 cm³/mol. The highest BCUT2D eigenvalue weighted by Gasteiger charge is 2.39. The lowest BCUT2D eigenvalue weighted by Gasteiger charge is -2.27. The van der Waals surface area contributed by atoms with Gasteiger partial charge in [0.05, 0.1) is 22.0 Å². The van der Waals surface area contributed by atoms with Gasteiger partial charge in [0.1, 0.15) is 0 Å². The van der Waals surface area contributed by atoms with Gasteiger partial charge < -0.3 is 5.32 Å². The summed E-state index contributed by atoms with van der Waals surface area (Å²) in [6.07, 6.45) is 1.29. The molecule has 1 aromatic heterocycles. The molecule has 4 nitrogen and oxygen atoms in total. The number of nitrogens with one attached hydrogen (secondary N) is 1. The Kier molecular flexibility index (Phi) is 3.90. The van der Waals surface area contributed by atoms with Gasteiger partial charge in [0.2, 0.25) is 0 Å². The molecular weight excluding hydrogens is 334 g/mol. The monoisotopic (exact) mass is 349 g/mol. The summed E-state index contributed by atoms with van der Waals surface area (Å²) in [5.74, 6) is -0.0740. The van der Waals surface area contributed by atoms with E-state index in [0.29, 0.717) is 16.3 Å². The predicted octanol–water partition coefficient (Wildman–Crippen LogP) is 4.81. The fourth-order valence-corrected chi connectivity index (χ4v) is 3.35. The van der Waals surface area contributed by atoms with Crippen LogP contribution in [0.1, 0.15) is 27.8 Å². The van der Waals surface area contributed by atoms with Gasteiger partial charge in [-0.15, -0.1) is 0 Å². The topological polar surface area (TPSA) is 45.2 Å². The summed E-state index contributed by atoms with van der Waals surface area (Å²) in [7, 11) is 0. The molecule has 25 heavy (non-hydrogen) atoms. The van der Waals surface area contributed by atoms with Crippen LogP contribution in [0.25, 0.3) is 0 Å². The van der Waals surface area contributed by atoms with Gasteiger partial charge in [-0.1, -0.05) is 35.9 Å². The van der Waals surface area contributed by atoms with Crippen LogP contribution in [0.15, 0.2) is 66.9 Å². The fraction of sp³-hybridized carbons (Fsp3) is 0.100. The third-order valence-corrected chi connectivity index (χ3v) is 4.57. The molecule has 5 heteroatoms. The molecule has 1 N–H and O–H groups in total. The highest BCUT2D eigenvalue weighted by atomic mass is 35.5. The number of pyridine rings is 1. The minimum atomic E-state index is -0.411. The summed E-state index contributed by atoms with van der Waals surface area (Å²) >= 11 is 6.38. The number of aryl methyl sites for hydroxylation is 1. The molecule has 0 fully saturated rings. The van der Waals surface area contributed by atoms with Crippen molar-refractivity contribution in [1.82, 2.24) is 4.98 Å². The van der Waals surface area contributed by atoms with Crippen molar-refractivity contribution in [2.75, 3.05) is 10.2 Å². The summed E-state index contributed by atoms with van der Waals surface area (Å²) in [5.41, 5.74) is 3.97. The smallest absolute Gasteiger partial charge is 0.262 e. The quantitative estimate of drug-likeness (QED) is 0.737. The second-order valence-corrected chi connectivity index (χ2v) is 6.38. The molecule has 1 atom stereocenters. The molecule has 0 saturated carbocycles. The Labute approximate surface area is 151 Å². The summed E-state index contributed by atoms with van der Waals surface area (Å²) in [4.78, 5) is 19.1. The van der Waals surface area contributed by atoms with E-state index in [1.54, 1.807) is 23.2 Å². The number of hydrogen-bond acceptors (Lipinski definition) is 3. The molecular formula is C20H16ClN3O. The van der Waals surface area contributed by atoms with Crippen molar-refractivity contribution < 1.29 is 4.79 Å². The molecule has 0 aliphatic carbocycles. The Morgan fingerprint density at radius 1 is 1.08 bits per heavy atom. The van der Waals surface area contributed by atoms with Crippen molar-refractivity contribution in [1.29, 1.82) is 0 Å². The Morgan fingerprint density at radius 3 is 2.64 bits per heavy atom. The first kappa shape index (κ1) is 15.7. The lowest BCUT2D eigenvalue weighted by Crippen LogP contribution is -2.32. The van der Waals surface area contributed by atoms with Crippen LogP contribution < -0.4 is 10.2 Å². The van der Waals surface area contributed by atoms with E-state index in [-0.39, 0.29) is 5.91 Å². The second kappa shape index (κ2) is 6.22. The zero-order valence-corrected chi connectivity index (χ0v) is 14.4. The third-order valence-electron chi connectivity index (χ3n) is 4.26. The minimum absolute atomic E-state index is 0.0740. The number of nitrogens with zero attached hydrogens (tertiary/aromatic N) is 2. The van der Waals surface area contributed by atoms with Gasteiger partial charge >= 0.3 is 0 Å². The number of aromatic nitrogens is 1. The van der Waals surface area contributed by atoms with E-state index in [0.717, 1.165) is 16.9 Å². The molecule has 0 saturated heterocycles. The lowest BCUT2D eigenvalue weighted by molar-refractivity contribution is 0.0993. The molecule has 0 bridgehead atoms. The van der Waals surface area contributed by atoms with Gasteiger partial charge in [0.15, 0.2) is 6.17 Å². The fourth-order valence-electron chi connectivity index (χ4n) is 3.06. The van der Waals surface area contributed by atoms with Crippen LogP contribution in [-0.2, 0) is 0 Å². The number of benzene rings is 2. The van der Waals surface area contributed by atoms with Crippen LogP contribution in [-0.4, -0.2) is 10.9 Å². The Balaban J connectivity index is 1.80. The molecule has 4 rings (SSSR count). The number of amides is 1. The van der Waals surface area contributed by atoms with E-state index in [1.165, 1.54) is 0 Å². The average Bonchev–Trinajstić information content (AvgIpc) is 2.91. The van der Waals surface area contributed by atoms with E-state index in [1.807, 2.05) is 55.5 Å². The summed E-state index contributed by atoms with van der Waals surface area (Å²) in [6.45, 7) is 1.99. The zero-order chi connectivity index (χ0) is 17.4. The molecule has 1 unspecified atom stereocenters. The van der Waals surface area contributed by atoms with Gasteiger partial charge in [-0.2, -0.15) is 0 Å². The first-order valence-corrected chi connectivity index (χ1v) is 8.39. The number of fused-ring (bicyclic) bond motifs is 1. The van der Waals surface area contributed by atoms with Crippen LogP contribution in [0.2, 0.25) is 5.02 Å². The maximum atomic E-state index is 12.9. The maximum Gasteiger partial charge on any atom is 0.262 e. The minimum Gasteiger partial charge on any atom is -0.359 e. The van der Waals surface area contributed by atoms with Gasteiger partial charge in [0.25, 0.3) is 5.91 Å². The van der Waals surface area contributed by atoms with Crippen molar-refractivity contribution in [3.8, 4) is 0 Å². The van der Waals surface area contributed by atoms with Crippen LogP contribution in [0.3, 0.4) is 0 Å². The zero-order valence-electron chi connectivity index (χ0n) is 13.6. The van der Waals surface area contributed by atoms with Gasteiger partial charge in [0, 0.05) is 11.9 Å². The van der Waals surface area contributed by atoms with Crippen LogP contribution in [0.5, 0.6) is 0 Å². The summed E-state index contributed by atoms with van der Waals surface area (Å²) in [6, 6.07) is 19.0. The normalized spacial score (nSPS) is 16.0. The average molecular weight is 350 g/mol. The molecule has 1 aliphatic rings. The van der Waals surface area contributed by atoms with Crippen molar-refractivity contribution >= 4 is 28.9 Å². The number of rotatable bonds is 3. The summed E-state index contributed by atoms with van der Waals surface area (Å²) in [5, 5.41) is 4.00. The Morgan fingerprint density at radius 2 is 1.88 bits per heavy atom. The van der Waals surface area contributed by atoms with E-state index >= 15 is 0 Å². The maximum absolute atomic E-state index is 12.9. The highest BCUT2D eigenvalue weighted by molar-refractivity contribution is 6.33. The number of anilines is 2. The van der Waals surface area contributed by atoms with Crippen LogP contribution in [0, 0.1) is 6.92 Å². The number of carbonyl (C=O) groups excluding carboxylic acids is 1. The highest BCUT2D eigenvalue weighted by Crippen LogP contribution is 2.38. The first-order valence-electron chi connectivity index (χ1n) is 8.01. The number of halogens is 1. The summed E-state index contributed by atoms with van der Waals surface area (Å²) < 4.78 is 0. The lowest BCUT2D eigenvalue weighted by atomic mass is 10.2. The van der Waals surface area contributed by atoms with Crippen molar-refractivity contribution in [2.24, 2.45) is 0 Å². The second-order valence-electron chi connectivity index (χ2n) is 5.98. The Bertz CT molecular complexity index is 943. The van der Waals surface area contributed by atoms with Crippen LogP contribution >= 0.6 is 11.6 Å². The largest absolute Gasteiger partial charge is 0.359 e. The number of carbonyl (C=O) groups is 1. The SMILES string of the molecule is Cc1ccc(NC2c3ncccc3C(=O)N2c2ccccc2)c(Cl)c1. The molecule has 0 radical (unpaired) electrons.